The number of benzene rings is 3. The minimum absolute atomic E-state index is 0.0809. The molecule has 0 atom stereocenters. The monoisotopic (exact) mass is 458 g/mol. The highest BCUT2D eigenvalue weighted by atomic mass is 35.5. The van der Waals surface area contributed by atoms with E-state index in [1.165, 1.54) is 36.4 Å². The number of hydrogen-bond donors (Lipinski definition) is 2. The molecule has 3 rings (SSSR count). The van der Waals surface area contributed by atoms with Crippen molar-refractivity contribution in [2.75, 3.05) is 10.1 Å². The largest absolute Gasteiger partial charge is 0.295 e. The highest BCUT2D eigenvalue weighted by molar-refractivity contribution is 7.92. The summed E-state index contributed by atoms with van der Waals surface area (Å²) < 4.78 is 27.7. The molecule has 0 aliphatic carbocycles. The first-order valence-corrected chi connectivity index (χ1v) is 11.1. The predicted octanol–water partition coefficient (Wildman–Crippen LogP) is 5.28. The lowest BCUT2D eigenvalue weighted by molar-refractivity contribution is -0.384. The number of rotatable bonds is 8. The molecule has 8 nitrogen and oxygen atoms in total. The van der Waals surface area contributed by atoms with Gasteiger partial charge in [-0.1, -0.05) is 48.9 Å². The van der Waals surface area contributed by atoms with Crippen molar-refractivity contribution in [2.24, 2.45) is 5.10 Å². The van der Waals surface area contributed by atoms with E-state index in [1.54, 1.807) is 0 Å². The molecular weight excluding hydrogens is 440 g/mol. The minimum atomic E-state index is -4.04. The number of anilines is 2. The lowest BCUT2D eigenvalue weighted by Gasteiger charge is -2.10. The van der Waals surface area contributed by atoms with Crippen LogP contribution in [0.4, 0.5) is 17.1 Å². The number of nitrogens with zero attached hydrogens (tertiary/aromatic N) is 2. The summed E-state index contributed by atoms with van der Waals surface area (Å²) >= 11 is 5.80. The van der Waals surface area contributed by atoms with Gasteiger partial charge in [0.1, 0.15) is 5.69 Å². The zero-order valence-electron chi connectivity index (χ0n) is 16.4. The van der Waals surface area contributed by atoms with E-state index in [0.29, 0.717) is 17.2 Å². The van der Waals surface area contributed by atoms with Crippen molar-refractivity contribution in [2.45, 2.75) is 18.2 Å². The summed E-state index contributed by atoms with van der Waals surface area (Å²) in [5.41, 5.74) is 4.24. The number of hydrogen-bond acceptors (Lipinski definition) is 6. The van der Waals surface area contributed by atoms with Gasteiger partial charge in [-0.25, -0.2) is 8.42 Å². The molecule has 0 spiro atoms. The first kappa shape index (κ1) is 22.3. The third-order valence-electron chi connectivity index (χ3n) is 4.33. The summed E-state index contributed by atoms with van der Waals surface area (Å²) in [6.45, 7) is 1.92. The maximum absolute atomic E-state index is 12.7. The van der Waals surface area contributed by atoms with Gasteiger partial charge >= 0.3 is 0 Å². The zero-order valence-corrected chi connectivity index (χ0v) is 18.0. The van der Waals surface area contributed by atoms with E-state index >= 15 is 0 Å². The van der Waals surface area contributed by atoms with Crippen molar-refractivity contribution in [3.63, 3.8) is 0 Å². The molecule has 0 amide bonds. The molecule has 0 aliphatic heterocycles. The van der Waals surface area contributed by atoms with E-state index in [4.69, 9.17) is 11.6 Å². The normalized spacial score (nSPS) is 11.7. The van der Waals surface area contributed by atoms with Gasteiger partial charge in [0.2, 0.25) is 0 Å². The quantitative estimate of drug-likeness (QED) is 0.271. The second-order valence-electron chi connectivity index (χ2n) is 6.44. The summed E-state index contributed by atoms with van der Waals surface area (Å²) in [5, 5.41) is 16.3. The van der Waals surface area contributed by atoms with Crippen LogP contribution in [0.3, 0.4) is 0 Å². The van der Waals surface area contributed by atoms with Crippen LogP contribution < -0.4 is 10.1 Å². The summed E-state index contributed by atoms with van der Waals surface area (Å²) in [4.78, 5) is 10.7. The molecule has 3 aromatic carbocycles. The van der Waals surface area contributed by atoms with Crippen LogP contribution in [0.1, 0.15) is 18.9 Å². The molecule has 0 aliphatic rings. The van der Waals surface area contributed by atoms with Crippen molar-refractivity contribution in [1.82, 2.24) is 0 Å². The summed E-state index contributed by atoms with van der Waals surface area (Å²) in [6, 6.07) is 19.0. The molecule has 0 heterocycles. The molecule has 10 heteroatoms. The highest BCUT2D eigenvalue weighted by Gasteiger charge is 2.22. The van der Waals surface area contributed by atoms with Crippen molar-refractivity contribution in [1.29, 1.82) is 0 Å². The fraction of sp³-hybridized carbons (Fsp3) is 0.0952. The van der Waals surface area contributed by atoms with Crippen LogP contribution in [0.5, 0.6) is 0 Å². The van der Waals surface area contributed by atoms with Crippen molar-refractivity contribution in [3.8, 4) is 0 Å². The molecule has 0 unspecified atom stereocenters. The second kappa shape index (κ2) is 9.59. The molecule has 2 N–H and O–H groups in total. The van der Waals surface area contributed by atoms with Crippen LogP contribution in [-0.2, 0) is 10.0 Å². The van der Waals surface area contributed by atoms with Crippen molar-refractivity contribution in [3.05, 3.63) is 93.5 Å². The first-order valence-electron chi connectivity index (χ1n) is 9.25. The zero-order chi connectivity index (χ0) is 22.4. The third kappa shape index (κ3) is 5.59. The van der Waals surface area contributed by atoms with Gasteiger partial charge in [0.05, 0.1) is 15.5 Å². The van der Waals surface area contributed by atoms with Gasteiger partial charge in [-0.05, 0) is 48.4 Å². The van der Waals surface area contributed by atoms with E-state index in [0.717, 1.165) is 11.6 Å². The van der Waals surface area contributed by atoms with E-state index in [2.05, 4.69) is 15.2 Å². The maximum atomic E-state index is 12.7. The highest BCUT2D eigenvalue weighted by Crippen LogP contribution is 2.29. The topological polar surface area (TPSA) is 114 Å². The average Bonchev–Trinajstić information content (AvgIpc) is 2.76. The predicted molar refractivity (Wildman–Crippen MR) is 122 cm³/mol. The Morgan fingerprint density at radius 3 is 2.35 bits per heavy atom. The molecule has 0 aromatic heterocycles. The van der Waals surface area contributed by atoms with Gasteiger partial charge < -0.3 is 0 Å². The summed E-state index contributed by atoms with van der Waals surface area (Å²) in [5.74, 6) is 0. The van der Waals surface area contributed by atoms with Gasteiger partial charge in [-0.3, -0.25) is 20.3 Å². The van der Waals surface area contributed by atoms with Crippen LogP contribution in [0, 0.1) is 10.1 Å². The number of nitro groups is 1. The maximum Gasteiger partial charge on any atom is 0.295 e. The summed E-state index contributed by atoms with van der Waals surface area (Å²) in [7, 11) is -4.04. The number of nitrogens with one attached hydrogen (secondary N) is 2. The molecular formula is C21H19ClN4O4S. The van der Waals surface area contributed by atoms with Gasteiger partial charge in [0.15, 0.2) is 0 Å². The lowest BCUT2D eigenvalue weighted by atomic mass is 10.1. The minimum Gasteiger partial charge on any atom is -0.280 e. The van der Waals surface area contributed by atoms with Gasteiger partial charge in [-0.2, -0.15) is 5.10 Å². The Kier molecular flexibility index (Phi) is 6.88. The molecule has 0 saturated carbocycles. The van der Waals surface area contributed by atoms with Crippen LogP contribution >= 0.6 is 11.6 Å². The molecule has 0 fully saturated rings. The number of nitro benzene ring substituents is 1. The Morgan fingerprint density at radius 2 is 1.74 bits per heavy atom. The molecule has 0 saturated heterocycles. The van der Waals surface area contributed by atoms with Gasteiger partial charge in [-0.15, -0.1) is 0 Å². The third-order valence-corrected chi connectivity index (χ3v) is 5.96. The first-order chi connectivity index (χ1) is 14.8. The fourth-order valence-electron chi connectivity index (χ4n) is 2.76. The standard InChI is InChI=1S/C21H19ClN4O4S/c1-2-19(15-6-4-3-5-7-15)23-24-20-13-12-18(14-21(20)26(27)28)31(29,30)25-17-10-8-16(22)9-11-17/h3-14,24-25H,2H2,1H3/b23-19+. The van der Waals surface area contributed by atoms with Crippen molar-refractivity contribution >= 4 is 44.4 Å². The molecule has 31 heavy (non-hydrogen) atoms. The van der Waals surface area contributed by atoms with Crippen LogP contribution in [0.15, 0.2) is 82.8 Å². The molecule has 0 radical (unpaired) electrons. The van der Waals surface area contributed by atoms with Crippen LogP contribution in [0.25, 0.3) is 0 Å². The molecule has 0 bridgehead atoms. The number of hydrazone groups is 1. The lowest BCUT2D eigenvalue weighted by Crippen LogP contribution is -2.13. The number of halogens is 1. The van der Waals surface area contributed by atoms with Gasteiger partial charge in [0.25, 0.3) is 15.7 Å². The van der Waals surface area contributed by atoms with Crippen molar-refractivity contribution < 1.29 is 13.3 Å². The second-order valence-corrected chi connectivity index (χ2v) is 8.56. The number of sulfonamides is 1. The van der Waals surface area contributed by atoms with E-state index in [1.807, 2.05) is 37.3 Å². The van der Waals surface area contributed by atoms with E-state index in [9.17, 15) is 18.5 Å². The fourth-order valence-corrected chi connectivity index (χ4v) is 3.97. The van der Waals surface area contributed by atoms with E-state index in [-0.39, 0.29) is 16.3 Å². The van der Waals surface area contributed by atoms with Gasteiger partial charge in [0, 0.05) is 16.8 Å². The Balaban J connectivity index is 1.89. The Labute approximate surface area is 184 Å². The van der Waals surface area contributed by atoms with E-state index < -0.39 is 20.6 Å². The smallest absolute Gasteiger partial charge is 0.280 e. The molecule has 3 aromatic rings. The Morgan fingerprint density at radius 1 is 1.06 bits per heavy atom. The van der Waals surface area contributed by atoms with Crippen LogP contribution in [-0.4, -0.2) is 19.1 Å². The van der Waals surface area contributed by atoms with Crippen LogP contribution in [0.2, 0.25) is 5.02 Å². The summed E-state index contributed by atoms with van der Waals surface area (Å²) in [6.07, 6.45) is 0.599. The average molecular weight is 459 g/mol. The Bertz CT molecular complexity index is 1210. The Hall–Kier alpha value is -3.43. The SMILES string of the molecule is CC/C(=N\Nc1ccc(S(=O)(=O)Nc2ccc(Cl)cc2)cc1[N+](=O)[O-])c1ccccc1. The molecule has 160 valence electrons.